The molecule has 3 aromatic rings. The molecule has 0 aliphatic heterocycles. The van der Waals surface area contributed by atoms with Gasteiger partial charge in [-0.15, -0.1) is 0 Å². The van der Waals surface area contributed by atoms with Gasteiger partial charge < -0.3 is 14.2 Å². The molecule has 3 aliphatic carbocycles. The molecular formula is C53H66O6. The molecular weight excluding hydrogens is 733 g/mol. The summed E-state index contributed by atoms with van der Waals surface area (Å²) < 4.78 is 18.0. The molecule has 0 saturated heterocycles. The van der Waals surface area contributed by atoms with Crippen LogP contribution < -0.4 is 14.2 Å². The van der Waals surface area contributed by atoms with E-state index < -0.39 is 17.9 Å². The predicted octanol–water partition coefficient (Wildman–Crippen LogP) is 13.7. The van der Waals surface area contributed by atoms with Gasteiger partial charge >= 0.3 is 17.9 Å². The Labute approximate surface area is 353 Å². The highest BCUT2D eigenvalue weighted by molar-refractivity contribution is 5.89. The molecule has 3 aliphatic rings. The van der Waals surface area contributed by atoms with Gasteiger partial charge in [-0.1, -0.05) is 103 Å². The largest absolute Gasteiger partial charge is 0.423 e. The molecule has 3 fully saturated rings. The first-order valence-electron chi connectivity index (χ1n) is 22.4. The highest BCUT2D eigenvalue weighted by atomic mass is 16.5. The number of rotatable bonds is 14. The Morgan fingerprint density at radius 3 is 1.27 bits per heavy atom. The Kier molecular flexibility index (Phi) is 14.9. The van der Waals surface area contributed by atoms with Crippen molar-refractivity contribution >= 4 is 17.9 Å². The molecule has 0 radical (unpaired) electrons. The zero-order valence-electron chi connectivity index (χ0n) is 36.4. The van der Waals surface area contributed by atoms with Crippen molar-refractivity contribution in [2.45, 2.75) is 167 Å². The maximum Gasteiger partial charge on any atom is 0.338 e. The maximum absolute atomic E-state index is 13.0. The summed E-state index contributed by atoms with van der Waals surface area (Å²) in [4.78, 5) is 38.3. The smallest absolute Gasteiger partial charge is 0.338 e. The van der Waals surface area contributed by atoms with Crippen LogP contribution in [0.25, 0.3) is 0 Å². The highest BCUT2D eigenvalue weighted by Gasteiger charge is 2.31. The third kappa shape index (κ3) is 10.5. The SMILES string of the molecule is C=CC(=O)Oc1cc(C)c(C(C)CC(c2cc(C3CCCCC3)c(OC(=O)C=C)cc2C)c2cc(C3CCCCC3)c(OC(=O)C(=C)C)cc2C)cc1C1CCCCC1. The first-order valence-corrected chi connectivity index (χ1v) is 22.4. The van der Waals surface area contributed by atoms with Gasteiger partial charge in [0.15, 0.2) is 0 Å². The average molecular weight is 799 g/mol. The van der Waals surface area contributed by atoms with E-state index in [9.17, 15) is 14.4 Å². The zero-order valence-corrected chi connectivity index (χ0v) is 36.4. The molecule has 0 spiro atoms. The second kappa shape index (κ2) is 20.0. The third-order valence-corrected chi connectivity index (χ3v) is 13.5. The summed E-state index contributed by atoms with van der Waals surface area (Å²) in [5, 5.41) is 0. The first kappa shape index (κ1) is 43.9. The zero-order chi connectivity index (χ0) is 42.2. The van der Waals surface area contributed by atoms with E-state index in [0.29, 0.717) is 40.6 Å². The number of carbonyl (C=O) groups excluding carboxylic acids is 3. The lowest BCUT2D eigenvalue weighted by Gasteiger charge is -2.32. The molecule has 3 saturated carbocycles. The summed E-state index contributed by atoms with van der Waals surface area (Å²) in [5.41, 5.74) is 10.6. The summed E-state index contributed by atoms with van der Waals surface area (Å²) >= 11 is 0. The van der Waals surface area contributed by atoms with Crippen LogP contribution in [0.1, 0.15) is 196 Å². The highest BCUT2D eigenvalue weighted by Crippen LogP contribution is 2.48. The van der Waals surface area contributed by atoms with Gasteiger partial charge in [-0.3, -0.25) is 0 Å². The van der Waals surface area contributed by atoms with Crippen molar-refractivity contribution < 1.29 is 28.6 Å². The molecule has 0 heterocycles. The predicted molar refractivity (Wildman–Crippen MR) is 238 cm³/mol. The Hall–Kier alpha value is -4.71. The molecule has 0 aromatic heterocycles. The molecule has 59 heavy (non-hydrogen) atoms. The molecule has 2 atom stereocenters. The van der Waals surface area contributed by atoms with E-state index in [2.05, 4.69) is 83.8 Å². The van der Waals surface area contributed by atoms with Crippen LogP contribution in [-0.2, 0) is 14.4 Å². The Morgan fingerprint density at radius 2 is 0.915 bits per heavy atom. The second-order valence-electron chi connectivity index (χ2n) is 17.9. The van der Waals surface area contributed by atoms with Crippen LogP contribution in [0, 0.1) is 20.8 Å². The minimum absolute atomic E-state index is 0.0273. The summed E-state index contributed by atoms with van der Waals surface area (Å²) in [6.45, 7) is 21.7. The standard InChI is InChI=1S/C53H66O6/c1-9-51(54)57-48-27-35(6)41(30-44(48)38-20-14-11-15-21-38)34(5)26-47(42-31-45(39-22-16-12-17-23-39)49(28-36(42)7)58-52(55)10-2)43-32-46(40-24-18-13-19-25-40)50(29-37(43)8)59-53(56)33(3)4/h9-10,27-32,34,38-40,47H,1-3,11-26H2,4-8H3. The van der Waals surface area contributed by atoms with E-state index in [1.165, 1.54) is 60.9 Å². The van der Waals surface area contributed by atoms with Crippen LogP contribution in [0.2, 0.25) is 0 Å². The minimum Gasteiger partial charge on any atom is -0.423 e. The molecule has 2 unspecified atom stereocenters. The van der Waals surface area contributed by atoms with Gasteiger partial charge in [-0.25, -0.2) is 14.4 Å². The number of esters is 3. The molecule has 0 bridgehead atoms. The number of hydrogen-bond donors (Lipinski definition) is 0. The van der Waals surface area contributed by atoms with Gasteiger partial charge in [0.1, 0.15) is 17.2 Å². The lowest BCUT2D eigenvalue weighted by atomic mass is 9.74. The lowest BCUT2D eigenvalue weighted by Crippen LogP contribution is -2.17. The van der Waals surface area contributed by atoms with Crippen molar-refractivity contribution in [2.24, 2.45) is 0 Å². The van der Waals surface area contributed by atoms with Gasteiger partial charge in [0.25, 0.3) is 0 Å². The van der Waals surface area contributed by atoms with Gasteiger partial charge in [0.2, 0.25) is 0 Å². The monoisotopic (exact) mass is 798 g/mol. The van der Waals surface area contributed by atoms with E-state index in [4.69, 9.17) is 14.2 Å². The quantitative estimate of drug-likeness (QED) is 0.0918. The second-order valence-corrected chi connectivity index (χ2v) is 17.9. The van der Waals surface area contributed by atoms with Gasteiger partial charge in [-0.05, 0) is 165 Å². The van der Waals surface area contributed by atoms with Crippen molar-refractivity contribution in [3.05, 3.63) is 124 Å². The van der Waals surface area contributed by atoms with Crippen molar-refractivity contribution in [1.29, 1.82) is 0 Å². The van der Waals surface area contributed by atoms with Gasteiger partial charge in [0, 0.05) is 23.6 Å². The third-order valence-electron chi connectivity index (χ3n) is 13.5. The number of benzene rings is 3. The molecule has 6 nitrogen and oxygen atoms in total. The topological polar surface area (TPSA) is 78.9 Å². The molecule has 0 N–H and O–H groups in total. The first-order chi connectivity index (χ1) is 28.4. The summed E-state index contributed by atoms with van der Waals surface area (Å²) in [5.74, 6) is 1.66. The van der Waals surface area contributed by atoms with Crippen LogP contribution >= 0.6 is 0 Å². The minimum atomic E-state index is -0.446. The number of ether oxygens (including phenoxy) is 3. The molecule has 6 rings (SSSR count). The number of carbonyl (C=O) groups is 3. The summed E-state index contributed by atoms with van der Waals surface area (Å²) in [6, 6.07) is 13.3. The maximum atomic E-state index is 13.0. The van der Waals surface area contributed by atoms with Crippen LogP contribution in [0.5, 0.6) is 17.2 Å². The Bertz CT molecular complexity index is 2050. The van der Waals surface area contributed by atoms with E-state index in [0.717, 1.165) is 104 Å². The summed E-state index contributed by atoms with van der Waals surface area (Å²) in [7, 11) is 0. The van der Waals surface area contributed by atoms with E-state index in [-0.39, 0.29) is 11.8 Å². The normalized spacial score (nSPS) is 17.7. The lowest BCUT2D eigenvalue weighted by molar-refractivity contribution is -0.130. The number of aryl methyl sites for hydroxylation is 3. The fraction of sp³-hybridized carbons (Fsp3) is 0.491. The van der Waals surface area contributed by atoms with Gasteiger partial charge in [-0.2, -0.15) is 0 Å². The van der Waals surface area contributed by atoms with E-state index in [1.807, 2.05) is 0 Å². The van der Waals surface area contributed by atoms with Crippen LogP contribution in [0.15, 0.2) is 73.9 Å². The van der Waals surface area contributed by atoms with Crippen molar-refractivity contribution in [1.82, 2.24) is 0 Å². The van der Waals surface area contributed by atoms with E-state index in [1.54, 1.807) is 6.92 Å². The Balaban J connectivity index is 1.53. The van der Waals surface area contributed by atoms with E-state index >= 15 is 0 Å². The molecule has 3 aromatic carbocycles. The van der Waals surface area contributed by atoms with Crippen molar-refractivity contribution in [3.63, 3.8) is 0 Å². The van der Waals surface area contributed by atoms with Crippen LogP contribution in [0.4, 0.5) is 0 Å². The number of hydrogen-bond acceptors (Lipinski definition) is 6. The van der Waals surface area contributed by atoms with Gasteiger partial charge in [0.05, 0.1) is 0 Å². The van der Waals surface area contributed by atoms with Crippen molar-refractivity contribution in [2.75, 3.05) is 0 Å². The van der Waals surface area contributed by atoms with Crippen molar-refractivity contribution in [3.8, 4) is 17.2 Å². The fourth-order valence-corrected chi connectivity index (χ4v) is 10.3. The molecule has 314 valence electrons. The van der Waals surface area contributed by atoms with Crippen LogP contribution in [-0.4, -0.2) is 17.9 Å². The Morgan fingerprint density at radius 1 is 0.576 bits per heavy atom. The summed E-state index contributed by atoms with van der Waals surface area (Å²) in [6.07, 6.45) is 20.3. The molecule has 6 heteroatoms. The fourth-order valence-electron chi connectivity index (χ4n) is 10.3. The van der Waals surface area contributed by atoms with Crippen LogP contribution in [0.3, 0.4) is 0 Å². The molecule has 0 amide bonds. The average Bonchev–Trinajstić information content (AvgIpc) is 3.24.